The van der Waals surface area contributed by atoms with Crippen LogP contribution in [-0.4, -0.2) is 53.5 Å². The number of carboxylic acid groups (broad SMARTS) is 2. The molecule has 1 atom stereocenters. The molecule has 2 aromatic heterocycles. The van der Waals surface area contributed by atoms with Gasteiger partial charge in [-0.2, -0.15) is 10.2 Å². The molecule has 2 aromatic rings. The molecule has 10 heteroatoms. The van der Waals surface area contributed by atoms with Crippen LogP contribution in [0.2, 0.25) is 0 Å². The lowest BCUT2D eigenvalue weighted by molar-refractivity contribution is -0.148. The molecule has 0 fully saturated rings. The number of carbonyl (C=O) groups is 3. The maximum Gasteiger partial charge on any atom is 0.372 e. The summed E-state index contributed by atoms with van der Waals surface area (Å²) in [4.78, 5) is 31.3. The second-order valence-electron chi connectivity index (χ2n) is 4.95. The SMILES string of the molecule is Cn1nccc1CC(=O)C(=O)O.Cn1nccc1C[C@H](N)C(=O)O. The van der Waals surface area contributed by atoms with Gasteiger partial charge in [0.1, 0.15) is 6.04 Å². The van der Waals surface area contributed by atoms with Gasteiger partial charge in [-0.15, -0.1) is 0 Å². The van der Waals surface area contributed by atoms with Crippen molar-refractivity contribution in [2.45, 2.75) is 18.9 Å². The normalized spacial score (nSPS) is 11.3. The van der Waals surface area contributed by atoms with Crippen LogP contribution in [0.15, 0.2) is 24.5 Å². The number of aromatic nitrogens is 4. The smallest absolute Gasteiger partial charge is 0.372 e. The highest BCUT2D eigenvalue weighted by Gasteiger charge is 2.14. The summed E-state index contributed by atoms with van der Waals surface area (Å²) in [5.41, 5.74) is 6.76. The highest BCUT2D eigenvalue weighted by molar-refractivity contribution is 6.33. The van der Waals surface area contributed by atoms with Gasteiger partial charge >= 0.3 is 11.9 Å². The number of aliphatic carboxylic acids is 2. The standard InChI is InChI=1S/C7H11N3O2.C7H8N2O3/c1-10-5(2-3-9-10)4-6(8)7(11)12;1-9-5(2-3-8-9)4-6(10)7(11)12/h2-3,6H,4,8H2,1H3,(H,11,12);2-3H,4H2,1H3,(H,11,12)/t6-;/m0./s1. The zero-order valence-corrected chi connectivity index (χ0v) is 13.3. The molecule has 0 saturated heterocycles. The van der Waals surface area contributed by atoms with Gasteiger partial charge in [-0.25, -0.2) is 4.79 Å². The molecule has 24 heavy (non-hydrogen) atoms. The molecule has 0 bridgehead atoms. The van der Waals surface area contributed by atoms with Crippen LogP contribution in [0.25, 0.3) is 0 Å². The summed E-state index contributed by atoms with van der Waals surface area (Å²) in [6, 6.07) is 2.52. The first-order chi connectivity index (χ1) is 11.2. The predicted octanol–water partition coefficient (Wildman–Crippen LogP) is -1.01. The third kappa shape index (κ3) is 5.65. The van der Waals surface area contributed by atoms with E-state index in [9.17, 15) is 14.4 Å². The van der Waals surface area contributed by atoms with E-state index >= 15 is 0 Å². The lowest BCUT2D eigenvalue weighted by Crippen LogP contribution is -2.32. The van der Waals surface area contributed by atoms with Gasteiger partial charge in [0.05, 0.1) is 6.42 Å². The molecular formula is C14H19N5O5. The first-order valence-corrected chi connectivity index (χ1v) is 6.90. The lowest BCUT2D eigenvalue weighted by atomic mass is 10.2. The Bertz CT molecular complexity index is 721. The van der Waals surface area contributed by atoms with Crippen molar-refractivity contribution in [3.8, 4) is 0 Å². The van der Waals surface area contributed by atoms with Crippen molar-refractivity contribution in [3.63, 3.8) is 0 Å². The fourth-order valence-corrected chi connectivity index (χ4v) is 1.73. The first kappa shape index (κ1) is 19.0. The number of carbonyl (C=O) groups excluding carboxylic acids is 1. The number of hydrogen-bond acceptors (Lipinski definition) is 6. The fraction of sp³-hybridized carbons (Fsp3) is 0.357. The largest absolute Gasteiger partial charge is 0.480 e. The van der Waals surface area contributed by atoms with E-state index in [0.717, 1.165) is 5.69 Å². The van der Waals surface area contributed by atoms with Crippen molar-refractivity contribution < 1.29 is 24.6 Å². The van der Waals surface area contributed by atoms with Crippen molar-refractivity contribution in [1.82, 2.24) is 19.6 Å². The number of hydrogen-bond donors (Lipinski definition) is 3. The summed E-state index contributed by atoms with van der Waals surface area (Å²) < 4.78 is 3.09. The molecule has 0 saturated carbocycles. The van der Waals surface area contributed by atoms with Crippen LogP contribution in [0.3, 0.4) is 0 Å². The summed E-state index contributed by atoms with van der Waals surface area (Å²) in [6.45, 7) is 0. The number of ketones is 1. The van der Waals surface area contributed by atoms with Crippen LogP contribution >= 0.6 is 0 Å². The summed E-state index contributed by atoms with van der Waals surface area (Å²) >= 11 is 0. The monoisotopic (exact) mass is 337 g/mol. The summed E-state index contributed by atoms with van der Waals surface area (Å²) in [5, 5.41) is 24.5. The molecule has 0 unspecified atom stereocenters. The first-order valence-electron chi connectivity index (χ1n) is 6.90. The maximum atomic E-state index is 10.7. The van der Waals surface area contributed by atoms with E-state index in [1.807, 2.05) is 0 Å². The van der Waals surface area contributed by atoms with Gasteiger partial charge in [0.15, 0.2) is 0 Å². The minimum atomic E-state index is -1.41. The number of nitrogens with two attached hydrogens (primary N) is 1. The molecule has 0 spiro atoms. The van der Waals surface area contributed by atoms with Crippen molar-refractivity contribution in [2.75, 3.05) is 0 Å². The zero-order chi connectivity index (χ0) is 18.3. The van der Waals surface area contributed by atoms with Gasteiger partial charge < -0.3 is 15.9 Å². The van der Waals surface area contributed by atoms with Gasteiger partial charge in [0, 0.05) is 44.3 Å². The number of rotatable bonds is 6. The highest BCUT2D eigenvalue weighted by atomic mass is 16.4. The zero-order valence-electron chi connectivity index (χ0n) is 13.3. The average molecular weight is 337 g/mol. The average Bonchev–Trinajstić information content (AvgIpc) is 3.09. The Balaban J connectivity index is 0.000000240. The Labute approximate surface area is 137 Å². The summed E-state index contributed by atoms with van der Waals surface area (Å²) in [5.74, 6) is -3.22. The van der Waals surface area contributed by atoms with Crippen LogP contribution in [0.4, 0.5) is 0 Å². The van der Waals surface area contributed by atoms with E-state index in [2.05, 4.69) is 10.2 Å². The van der Waals surface area contributed by atoms with E-state index in [4.69, 9.17) is 15.9 Å². The van der Waals surface area contributed by atoms with Crippen molar-refractivity contribution in [1.29, 1.82) is 0 Å². The highest BCUT2D eigenvalue weighted by Crippen LogP contribution is 2.00. The van der Waals surface area contributed by atoms with Gasteiger partial charge in [0.2, 0.25) is 5.78 Å². The molecule has 0 aromatic carbocycles. The molecule has 2 rings (SSSR count). The third-order valence-electron chi connectivity index (χ3n) is 3.17. The van der Waals surface area contributed by atoms with Crippen LogP contribution in [-0.2, 0) is 41.3 Å². The molecule has 0 aliphatic rings. The number of aryl methyl sites for hydroxylation is 2. The quantitative estimate of drug-likeness (QED) is 0.567. The fourth-order valence-electron chi connectivity index (χ4n) is 1.73. The minimum Gasteiger partial charge on any atom is -0.480 e. The third-order valence-corrected chi connectivity index (χ3v) is 3.17. The number of nitrogens with zero attached hydrogens (tertiary/aromatic N) is 4. The van der Waals surface area contributed by atoms with Crippen LogP contribution < -0.4 is 5.73 Å². The van der Waals surface area contributed by atoms with Crippen molar-refractivity contribution in [3.05, 3.63) is 35.9 Å². The van der Waals surface area contributed by atoms with Gasteiger partial charge in [-0.3, -0.25) is 19.0 Å². The van der Waals surface area contributed by atoms with Crippen LogP contribution in [0.5, 0.6) is 0 Å². The van der Waals surface area contributed by atoms with Gasteiger partial charge in [-0.05, 0) is 12.1 Å². The van der Waals surface area contributed by atoms with E-state index in [0.29, 0.717) is 12.1 Å². The Morgan fingerprint density at radius 1 is 1.08 bits per heavy atom. The summed E-state index contributed by atoms with van der Waals surface area (Å²) in [7, 11) is 3.41. The van der Waals surface area contributed by atoms with Crippen LogP contribution in [0.1, 0.15) is 11.4 Å². The van der Waals surface area contributed by atoms with E-state index in [1.165, 1.54) is 10.9 Å². The van der Waals surface area contributed by atoms with Gasteiger partial charge in [-0.1, -0.05) is 0 Å². The predicted molar refractivity (Wildman–Crippen MR) is 82.1 cm³/mol. The molecule has 2 heterocycles. The molecule has 0 amide bonds. The molecule has 130 valence electrons. The Hall–Kier alpha value is -3.01. The van der Waals surface area contributed by atoms with Crippen molar-refractivity contribution in [2.24, 2.45) is 19.8 Å². The Kier molecular flexibility index (Phi) is 6.80. The minimum absolute atomic E-state index is 0.105. The van der Waals surface area contributed by atoms with E-state index in [1.54, 1.807) is 37.1 Å². The van der Waals surface area contributed by atoms with Crippen LogP contribution in [0, 0.1) is 0 Å². The molecule has 0 radical (unpaired) electrons. The number of Topliss-reactive ketones (excluding diaryl/α,β-unsaturated/α-hetero) is 1. The molecule has 4 N–H and O–H groups in total. The molecular weight excluding hydrogens is 318 g/mol. The van der Waals surface area contributed by atoms with E-state index < -0.39 is 23.8 Å². The second-order valence-corrected chi connectivity index (χ2v) is 4.95. The van der Waals surface area contributed by atoms with Gasteiger partial charge in [0.25, 0.3) is 0 Å². The van der Waals surface area contributed by atoms with E-state index in [-0.39, 0.29) is 6.42 Å². The lowest BCUT2D eigenvalue weighted by Gasteiger charge is -2.05. The maximum absolute atomic E-state index is 10.7. The second kappa shape index (κ2) is 8.58. The Morgan fingerprint density at radius 3 is 1.96 bits per heavy atom. The Morgan fingerprint density at radius 2 is 1.58 bits per heavy atom. The summed E-state index contributed by atoms with van der Waals surface area (Å²) in [6.07, 6.45) is 3.34. The van der Waals surface area contributed by atoms with Crippen molar-refractivity contribution >= 4 is 17.7 Å². The molecule has 10 nitrogen and oxygen atoms in total. The topological polar surface area (TPSA) is 153 Å². The molecule has 0 aliphatic heterocycles. The number of carboxylic acids is 2. The molecule has 0 aliphatic carbocycles.